The van der Waals surface area contributed by atoms with Gasteiger partial charge in [0.05, 0.1) is 12.1 Å². The van der Waals surface area contributed by atoms with Gasteiger partial charge < -0.3 is 10.6 Å². The largest absolute Gasteiger partial charge is 0.353 e. The predicted molar refractivity (Wildman–Crippen MR) is 90.0 cm³/mol. The van der Waals surface area contributed by atoms with Gasteiger partial charge in [-0.2, -0.15) is 5.10 Å². The van der Waals surface area contributed by atoms with Crippen LogP contribution >= 0.6 is 0 Å². The topological polar surface area (TPSA) is 59.0 Å². The number of carbonyl (C=O) groups excluding carboxylic acids is 1. The zero-order valence-electron chi connectivity index (χ0n) is 14.0. The lowest BCUT2D eigenvalue weighted by atomic mass is 9.90. The molecule has 0 spiro atoms. The zero-order valence-corrected chi connectivity index (χ0v) is 14.0. The van der Waals surface area contributed by atoms with E-state index in [2.05, 4.69) is 15.7 Å². The number of nitrogens with one attached hydrogen (secondary N) is 2. The van der Waals surface area contributed by atoms with Crippen LogP contribution < -0.4 is 10.6 Å². The van der Waals surface area contributed by atoms with Crippen LogP contribution in [0, 0.1) is 11.7 Å². The van der Waals surface area contributed by atoms with Crippen molar-refractivity contribution in [3.05, 3.63) is 53.6 Å². The molecule has 5 nitrogen and oxygen atoms in total. The Morgan fingerprint density at radius 2 is 2.25 bits per heavy atom. The number of hydrogen-bond donors (Lipinski definition) is 2. The molecule has 3 atom stereocenters. The fourth-order valence-electron chi connectivity index (χ4n) is 3.33. The number of carbonyl (C=O) groups is 1. The minimum absolute atomic E-state index is 0.0118. The predicted octanol–water partition coefficient (Wildman–Crippen LogP) is 1.61. The molecule has 1 aromatic heterocycles. The third-order valence-electron chi connectivity index (χ3n) is 4.58. The van der Waals surface area contributed by atoms with Crippen LogP contribution in [0.1, 0.15) is 24.0 Å². The van der Waals surface area contributed by atoms with Crippen LogP contribution in [0.15, 0.2) is 36.7 Å². The summed E-state index contributed by atoms with van der Waals surface area (Å²) in [7, 11) is 1.87. The molecule has 1 aromatic carbocycles. The quantitative estimate of drug-likeness (QED) is 0.876. The molecule has 2 aromatic rings. The summed E-state index contributed by atoms with van der Waals surface area (Å²) in [4.78, 5) is 12.6. The van der Waals surface area contributed by atoms with Gasteiger partial charge in [0.25, 0.3) is 0 Å². The first-order valence-corrected chi connectivity index (χ1v) is 8.27. The Bertz CT molecular complexity index is 715. The molecule has 0 radical (unpaired) electrons. The second-order valence-corrected chi connectivity index (χ2v) is 6.52. The van der Waals surface area contributed by atoms with Gasteiger partial charge in [-0.15, -0.1) is 0 Å². The highest BCUT2D eigenvalue weighted by molar-refractivity contribution is 5.80. The molecule has 6 heteroatoms. The molecule has 0 aliphatic carbocycles. The van der Waals surface area contributed by atoms with E-state index in [4.69, 9.17) is 0 Å². The number of aromatic nitrogens is 2. The molecule has 1 amide bonds. The van der Waals surface area contributed by atoms with Crippen molar-refractivity contribution in [3.63, 3.8) is 0 Å². The number of amides is 1. The molecule has 3 rings (SSSR count). The zero-order chi connectivity index (χ0) is 17.1. The van der Waals surface area contributed by atoms with Gasteiger partial charge in [-0.1, -0.05) is 18.2 Å². The fraction of sp³-hybridized carbons (Fsp3) is 0.444. The Balaban J connectivity index is 1.62. The maximum Gasteiger partial charge on any atom is 0.225 e. The minimum Gasteiger partial charge on any atom is -0.353 e. The molecule has 1 fully saturated rings. The first kappa shape index (κ1) is 16.6. The van der Waals surface area contributed by atoms with Crippen molar-refractivity contribution in [1.29, 1.82) is 0 Å². The number of benzene rings is 1. The van der Waals surface area contributed by atoms with Crippen LogP contribution in [-0.4, -0.2) is 34.8 Å². The van der Waals surface area contributed by atoms with E-state index in [0.29, 0.717) is 18.5 Å². The van der Waals surface area contributed by atoms with Gasteiger partial charge in [0.1, 0.15) is 5.82 Å². The Morgan fingerprint density at radius 1 is 1.46 bits per heavy atom. The van der Waals surface area contributed by atoms with E-state index < -0.39 is 0 Å². The number of halogens is 1. The van der Waals surface area contributed by atoms with Crippen LogP contribution in [0.4, 0.5) is 4.39 Å². The van der Waals surface area contributed by atoms with Gasteiger partial charge in [0.2, 0.25) is 5.91 Å². The number of rotatable bonds is 5. The summed E-state index contributed by atoms with van der Waals surface area (Å²) in [6.07, 6.45) is 4.26. The minimum atomic E-state index is -0.227. The lowest BCUT2D eigenvalue weighted by Gasteiger charge is -2.20. The standard InChI is InChI=1S/C18H23FN4O/c1-12(7-13-5-3-4-6-17(13)19)22-18(24)16-10-20-9-15(16)14-8-21-23(2)11-14/h3-6,8,11-12,15-16,20H,7,9-10H2,1-2H3,(H,22,24)/t12?,15-,16+/m1/s1. The van der Waals surface area contributed by atoms with Crippen molar-refractivity contribution in [2.45, 2.75) is 25.3 Å². The van der Waals surface area contributed by atoms with E-state index in [1.807, 2.05) is 32.4 Å². The van der Waals surface area contributed by atoms with E-state index >= 15 is 0 Å². The van der Waals surface area contributed by atoms with Crippen LogP contribution in [0.3, 0.4) is 0 Å². The SMILES string of the molecule is CC(Cc1ccccc1F)NC(=O)[C@H]1CNC[C@@H]1c1cnn(C)c1. The van der Waals surface area contributed by atoms with Crippen molar-refractivity contribution in [2.24, 2.45) is 13.0 Å². The molecule has 2 heterocycles. The second-order valence-electron chi connectivity index (χ2n) is 6.52. The van der Waals surface area contributed by atoms with Gasteiger partial charge in [0, 0.05) is 38.3 Å². The highest BCUT2D eigenvalue weighted by Gasteiger charge is 2.35. The highest BCUT2D eigenvalue weighted by atomic mass is 19.1. The van der Waals surface area contributed by atoms with Crippen LogP contribution in [0.2, 0.25) is 0 Å². The van der Waals surface area contributed by atoms with Crippen molar-refractivity contribution in [2.75, 3.05) is 13.1 Å². The summed E-state index contributed by atoms with van der Waals surface area (Å²) in [5.74, 6) is -0.219. The van der Waals surface area contributed by atoms with Crippen molar-refractivity contribution < 1.29 is 9.18 Å². The van der Waals surface area contributed by atoms with Crippen LogP contribution in [0.5, 0.6) is 0 Å². The summed E-state index contributed by atoms with van der Waals surface area (Å²) >= 11 is 0. The van der Waals surface area contributed by atoms with Gasteiger partial charge in [0.15, 0.2) is 0 Å². The molecule has 1 unspecified atom stereocenters. The fourth-order valence-corrected chi connectivity index (χ4v) is 3.33. The maximum atomic E-state index is 13.7. The Hall–Kier alpha value is -2.21. The van der Waals surface area contributed by atoms with Crippen molar-refractivity contribution >= 4 is 5.91 Å². The average Bonchev–Trinajstić information content (AvgIpc) is 3.18. The highest BCUT2D eigenvalue weighted by Crippen LogP contribution is 2.28. The second kappa shape index (κ2) is 7.13. The molecule has 1 saturated heterocycles. The van der Waals surface area contributed by atoms with Gasteiger partial charge in [-0.25, -0.2) is 4.39 Å². The van der Waals surface area contributed by atoms with Gasteiger partial charge in [-0.3, -0.25) is 9.48 Å². The molecule has 2 N–H and O–H groups in total. The third-order valence-corrected chi connectivity index (χ3v) is 4.58. The summed E-state index contributed by atoms with van der Waals surface area (Å²) in [6, 6.07) is 6.57. The normalized spacial score (nSPS) is 21.6. The molecule has 0 bridgehead atoms. The molecular formula is C18H23FN4O. The molecular weight excluding hydrogens is 307 g/mol. The first-order valence-electron chi connectivity index (χ1n) is 8.27. The van der Waals surface area contributed by atoms with E-state index in [-0.39, 0.29) is 29.6 Å². The Labute approximate surface area is 141 Å². The first-order chi connectivity index (χ1) is 11.5. The summed E-state index contributed by atoms with van der Waals surface area (Å²) in [5.41, 5.74) is 1.70. The number of aryl methyl sites for hydroxylation is 1. The molecule has 128 valence electrons. The summed E-state index contributed by atoms with van der Waals surface area (Å²) < 4.78 is 15.5. The van der Waals surface area contributed by atoms with Crippen molar-refractivity contribution in [1.82, 2.24) is 20.4 Å². The number of hydrogen-bond acceptors (Lipinski definition) is 3. The Morgan fingerprint density at radius 3 is 2.96 bits per heavy atom. The molecule has 24 heavy (non-hydrogen) atoms. The van der Waals surface area contributed by atoms with Crippen LogP contribution in [-0.2, 0) is 18.3 Å². The van der Waals surface area contributed by atoms with Gasteiger partial charge in [-0.05, 0) is 30.5 Å². The van der Waals surface area contributed by atoms with Crippen molar-refractivity contribution in [3.8, 4) is 0 Å². The lowest BCUT2D eigenvalue weighted by Crippen LogP contribution is -2.40. The lowest BCUT2D eigenvalue weighted by molar-refractivity contribution is -0.125. The Kier molecular flexibility index (Phi) is 4.94. The summed E-state index contributed by atoms with van der Waals surface area (Å²) in [5, 5.41) is 10.5. The van der Waals surface area contributed by atoms with E-state index in [1.165, 1.54) is 6.07 Å². The van der Waals surface area contributed by atoms with E-state index in [9.17, 15) is 9.18 Å². The average molecular weight is 330 g/mol. The maximum absolute atomic E-state index is 13.7. The molecule has 1 aliphatic heterocycles. The smallest absolute Gasteiger partial charge is 0.225 e. The van der Waals surface area contributed by atoms with Crippen LogP contribution in [0.25, 0.3) is 0 Å². The summed E-state index contributed by atoms with van der Waals surface area (Å²) in [6.45, 7) is 3.33. The molecule has 0 saturated carbocycles. The van der Waals surface area contributed by atoms with E-state index in [1.54, 1.807) is 16.8 Å². The van der Waals surface area contributed by atoms with E-state index in [0.717, 1.165) is 12.1 Å². The van der Waals surface area contributed by atoms with Gasteiger partial charge >= 0.3 is 0 Å². The molecule has 1 aliphatic rings. The number of nitrogens with zero attached hydrogens (tertiary/aromatic N) is 2. The third kappa shape index (κ3) is 3.64. The monoisotopic (exact) mass is 330 g/mol.